The highest BCUT2D eigenvalue weighted by atomic mass is 32.1. The molecule has 6 heteroatoms. The van der Waals surface area contributed by atoms with Crippen LogP contribution >= 0.6 is 11.3 Å². The van der Waals surface area contributed by atoms with E-state index in [1.165, 1.54) is 11.3 Å². The largest absolute Gasteiger partial charge is 0.347 e. The number of aromatic nitrogens is 1. The molecular weight excluding hydrogens is 334 g/mol. The first kappa shape index (κ1) is 18.4. The van der Waals surface area contributed by atoms with Gasteiger partial charge in [0.2, 0.25) is 11.8 Å². The molecule has 1 aromatic heterocycles. The minimum Gasteiger partial charge on any atom is -0.347 e. The molecule has 2 aliphatic rings. The molecule has 0 radical (unpaired) electrons. The maximum absolute atomic E-state index is 12.7. The number of carbonyl (C=O) groups excluding carboxylic acids is 2. The molecule has 138 valence electrons. The fourth-order valence-corrected chi connectivity index (χ4v) is 4.61. The lowest BCUT2D eigenvalue weighted by Crippen LogP contribution is -2.46. The highest BCUT2D eigenvalue weighted by Gasteiger charge is 2.33. The fourth-order valence-electron chi connectivity index (χ4n) is 3.55. The summed E-state index contributed by atoms with van der Waals surface area (Å²) in [6.45, 7) is 7.61. The first-order valence-electron chi connectivity index (χ1n) is 9.52. The molecule has 2 fully saturated rings. The zero-order valence-corrected chi connectivity index (χ0v) is 16.3. The van der Waals surface area contributed by atoms with Crippen LogP contribution in [0, 0.1) is 25.7 Å². The van der Waals surface area contributed by atoms with Crippen molar-refractivity contribution in [2.24, 2.45) is 11.8 Å². The summed E-state index contributed by atoms with van der Waals surface area (Å²) < 4.78 is 0. The topological polar surface area (TPSA) is 62.3 Å². The first-order chi connectivity index (χ1) is 12.0. The molecular formula is C19H29N3O2S. The number of hydrogen-bond acceptors (Lipinski definition) is 4. The van der Waals surface area contributed by atoms with Crippen molar-refractivity contribution < 1.29 is 9.59 Å². The summed E-state index contributed by atoms with van der Waals surface area (Å²) in [5.74, 6) is 0.700. The third kappa shape index (κ3) is 4.05. The molecule has 5 nitrogen and oxygen atoms in total. The van der Waals surface area contributed by atoms with Gasteiger partial charge in [-0.1, -0.05) is 13.3 Å². The van der Waals surface area contributed by atoms with Crippen LogP contribution in [0.25, 0.3) is 0 Å². The van der Waals surface area contributed by atoms with Crippen molar-refractivity contribution in [2.45, 2.75) is 65.3 Å². The number of likely N-dealkylation sites (tertiary alicyclic amines) is 1. The summed E-state index contributed by atoms with van der Waals surface area (Å²) in [6.07, 6.45) is 5.67. The number of rotatable bonds is 5. The Morgan fingerprint density at radius 2 is 1.88 bits per heavy atom. The molecule has 1 N–H and O–H groups in total. The summed E-state index contributed by atoms with van der Waals surface area (Å²) in [5, 5.41) is 4.19. The van der Waals surface area contributed by atoms with E-state index in [4.69, 9.17) is 0 Å². The normalized spacial score (nSPS) is 20.2. The van der Waals surface area contributed by atoms with Crippen molar-refractivity contribution in [1.29, 1.82) is 0 Å². The van der Waals surface area contributed by atoms with Crippen LogP contribution in [0.2, 0.25) is 0 Å². The molecule has 25 heavy (non-hydrogen) atoms. The first-order valence-corrected chi connectivity index (χ1v) is 10.3. The summed E-state index contributed by atoms with van der Waals surface area (Å²) in [7, 11) is 0. The van der Waals surface area contributed by atoms with Crippen LogP contribution in [-0.2, 0) is 9.59 Å². The Hall–Kier alpha value is -1.43. The number of hydrogen-bond donors (Lipinski definition) is 1. The predicted octanol–water partition coefficient (Wildman–Crippen LogP) is 3.37. The van der Waals surface area contributed by atoms with Crippen LogP contribution in [0.5, 0.6) is 0 Å². The molecule has 0 spiro atoms. The van der Waals surface area contributed by atoms with Crippen molar-refractivity contribution >= 4 is 23.2 Å². The maximum atomic E-state index is 12.7. The van der Waals surface area contributed by atoms with Crippen molar-refractivity contribution in [3.63, 3.8) is 0 Å². The van der Waals surface area contributed by atoms with Crippen LogP contribution < -0.4 is 5.32 Å². The van der Waals surface area contributed by atoms with Gasteiger partial charge in [0.1, 0.15) is 5.01 Å². The highest BCUT2D eigenvalue weighted by molar-refractivity contribution is 7.11. The Morgan fingerprint density at radius 3 is 2.36 bits per heavy atom. The molecule has 2 amide bonds. The van der Waals surface area contributed by atoms with Crippen LogP contribution in [-0.4, -0.2) is 34.8 Å². The lowest BCUT2D eigenvalue weighted by atomic mass is 9.83. The van der Waals surface area contributed by atoms with E-state index in [2.05, 4.69) is 24.1 Å². The second-order valence-corrected chi connectivity index (χ2v) is 8.63. The van der Waals surface area contributed by atoms with Crippen molar-refractivity contribution in [3.8, 4) is 0 Å². The fraction of sp³-hybridized carbons (Fsp3) is 0.737. The molecule has 1 aliphatic carbocycles. The van der Waals surface area contributed by atoms with E-state index in [0.717, 1.165) is 55.9 Å². The number of carbonyl (C=O) groups is 2. The Bertz CT molecular complexity index is 611. The minimum atomic E-state index is -0.000428. The summed E-state index contributed by atoms with van der Waals surface area (Å²) in [4.78, 5) is 32.8. The SMILES string of the molecule is CC[C@@H](NC(=O)C1CCN(C(=O)C2CCC2)CC1)c1nc(C)c(C)s1. The van der Waals surface area contributed by atoms with Gasteiger partial charge in [-0.05, 0) is 46.0 Å². The predicted molar refractivity (Wildman–Crippen MR) is 99.4 cm³/mol. The summed E-state index contributed by atoms with van der Waals surface area (Å²) >= 11 is 1.67. The quantitative estimate of drug-likeness (QED) is 0.872. The summed E-state index contributed by atoms with van der Waals surface area (Å²) in [5.41, 5.74) is 1.05. The molecule has 2 heterocycles. The van der Waals surface area contributed by atoms with E-state index in [1.807, 2.05) is 11.8 Å². The van der Waals surface area contributed by atoms with E-state index < -0.39 is 0 Å². The van der Waals surface area contributed by atoms with Crippen LogP contribution in [0.4, 0.5) is 0 Å². The molecule has 1 atom stereocenters. The zero-order chi connectivity index (χ0) is 18.0. The smallest absolute Gasteiger partial charge is 0.225 e. The van der Waals surface area contributed by atoms with Crippen LogP contribution in [0.3, 0.4) is 0 Å². The van der Waals surface area contributed by atoms with Gasteiger partial charge in [0.15, 0.2) is 0 Å². The average molecular weight is 364 g/mol. The minimum absolute atomic E-state index is 0.000428. The lowest BCUT2D eigenvalue weighted by molar-refractivity contribution is -0.141. The Morgan fingerprint density at radius 1 is 1.20 bits per heavy atom. The molecule has 0 bridgehead atoms. The van der Waals surface area contributed by atoms with Gasteiger partial charge in [0.05, 0.1) is 11.7 Å². The van der Waals surface area contributed by atoms with E-state index in [-0.39, 0.29) is 23.8 Å². The second kappa shape index (κ2) is 7.85. The van der Waals surface area contributed by atoms with Gasteiger partial charge in [-0.3, -0.25) is 9.59 Å². The number of nitrogens with one attached hydrogen (secondary N) is 1. The van der Waals surface area contributed by atoms with Gasteiger partial charge in [-0.2, -0.15) is 0 Å². The second-order valence-electron chi connectivity index (χ2n) is 7.39. The molecule has 1 saturated heterocycles. The molecule has 1 saturated carbocycles. The third-order valence-corrected chi connectivity index (χ3v) is 6.89. The summed E-state index contributed by atoms with van der Waals surface area (Å²) in [6, 6.07) is -0.000428. The van der Waals surface area contributed by atoms with Gasteiger partial charge >= 0.3 is 0 Å². The van der Waals surface area contributed by atoms with E-state index in [9.17, 15) is 9.59 Å². The van der Waals surface area contributed by atoms with Gasteiger partial charge in [-0.15, -0.1) is 11.3 Å². The number of thiazole rings is 1. The third-order valence-electron chi connectivity index (χ3n) is 5.70. The number of amides is 2. The van der Waals surface area contributed by atoms with Gasteiger partial charge in [0.25, 0.3) is 0 Å². The number of piperidine rings is 1. The Labute approximate surface area is 154 Å². The molecule has 1 aliphatic heterocycles. The number of nitrogens with zero attached hydrogens (tertiary/aromatic N) is 2. The van der Waals surface area contributed by atoms with Crippen LogP contribution in [0.1, 0.15) is 67.1 Å². The molecule has 1 aromatic rings. The van der Waals surface area contributed by atoms with Gasteiger partial charge < -0.3 is 10.2 Å². The molecule has 0 unspecified atom stereocenters. The van der Waals surface area contributed by atoms with E-state index in [1.54, 1.807) is 11.3 Å². The average Bonchev–Trinajstić information content (AvgIpc) is 2.89. The molecule has 0 aromatic carbocycles. The maximum Gasteiger partial charge on any atom is 0.225 e. The Kier molecular flexibility index (Phi) is 5.77. The number of aryl methyl sites for hydroxylation is 2. The van der Waals surface area contributed by atoms with Crippen molar-refractivity contribution in [1.82, 2.24) is 15.2 Å². The highest BCUT2D eigenvalue weighted by Crippen LogP contribution is 2.30. The van der Waals surface area contributed by atoms with Crippen molar-refractivity contribution in [2.75, 3.05) is 13.1 Å². The zero-order valence-electron chi connectivity index (χ0n) is 15.5. The Balaban J connectivity index is 1.52. The molecule has 3 rings (SSSR count). The van der Waals surface area contributed by atoms with Crippen LogP contribution in [0.15, 0.2) is 0 Å². The van der Waals surface area contributed by atoms with E-state index >= 15 is 0 Å². The lowest BCUT2D eigenvalue weighted by Gasteiger charge is -2.36. The van der Waals surface area contributed by atoms with Crippen molar-refractivity contribution in [3.05, 3.63) is 15.6 Å². The standard InChI is InChI=1S/C19H29N3O2S/c1-4-16(18-20-12(2)13(3)25-18)21-17(23)14-8-10-22(11-9-14)19(24)15-6-5-7-15/h14-16H,4-11H2,1-3H3,(H,21,23)/t16-/m1/s1. The van der Waals surface area contributed by atoms with Gasteiger partial charge in [0, 0.05) is 29.8 Å². The van der Waals surface area contributed by atoms with E-state index in [0.29, 0.717) is 5.91 Å². The monoisotopic (exact) mass is 363 g/mol. The van der Waals surface area contributed by atoms with Gasteiger partial charge in [-0.25, -0.2) is 4.98 Å².